The third-order valence-electron chi connectivity index (χ3n) is 2.43. The molecule has 2 aromatic carbocycles. The number of amides is 1. The second-order valence-electron chi connectivity index (χ2n) is 3.81. The Kier molecular flexibility index (Phi) is 4.07. The van der Waals surface area contributed by atoms with E-state index in [1.165, 1.54) is 18.2 Å². The number of anilines is 2. The average molecular weight is 344 g/mol. The Morgan fingerprint density at radius 2 is 2.00 bits per heavy atom. The van der Waals surface area contributed by atoms with Gasteiger partial charge in [0.15, 0.2) is 0 Å². The molecule has 1 amide bonds. The molecule has 0 aliphatic carbocycles. The molecule has 0 spiro atoms. The van der Waals surface area contributed by atoms with Crippen molar-refractivity contribution in [2.75, 3.05) is 11.1 Å². The Hall–Kier alpha value is -1.59. The zero-order chi connectivity index (χ0) is 14.0. The van der Waals surface area contributed by atoms with Crippen molar-refractivity contribution in [3.63, 3.8) is 0 Å². The zero-order valence-corrected chi connectivity index (χ0v) is 11.9. The molecule has 19 heavy (non-hydrogen) atoms. The van der Waals surface area contributed by atoms with Gasteiger partial charge in [0.1, 0.15) is 5.82 Å². The molecule has 2 aromatic rings. The molecule has 0 heterocycles. The molecule has 0 aromatic heterocycles. The number of rotatable bonds is 2. The minimum atomic E-state index is -0.603. The number of nitrogens with one attached hydrogen (secondary N) is 1. The molecule has 0 aliphatic rings. The van der Waals surface area contributed by atoms with Crippen molar-refractivity contribution < 1.29 is 9.18 Å². The smallest absolute Gasteiger partial charge is 0.258 e. The second kappa shape index (κ2) is 5.59. The monoisotopic (exact) mass is 342 g/mol. The first-order chi connectivity index (χ1) is 8.97. The van der Waals surface area contributed by atoms with E-state index in [0.29, 0.717) is 20.9 Å². The molecule has 0 unspecified atom stereocenters. The molecular formula is C13H9BrClFN2O. The van der Waals surface area contributed by atoms with Crippen molar-refractivity contribution >= 4 is 44.8 Å². The molecule has 3 nitrogen and oxygen atoms in total. The summed E-state index contributed by atoms with van der Waals surface area (Å²) in [6.45, 7) is 0. The van der Waals surface area contributed by atoms with Crippen molar-refractivity contribution in [3.05, 3.63) is 57.3 Å². The van der Waals surface area contributed by atoms with Crippen LogP contribution in [0.2, 0.25) is 5.02 Å². The van der Waals surface area contributed by atoms with E-state index >= 15 is 0 Å². The number of hydrogen-bond acceptors (Lipinski definition) is 2. The standard InChI is InChI=1S/C13H9BrClFN2O/c14-7-1-3-9(11(16)5-7)13(19)18-8-2-4-12(17)10(15)6-8/h1-6H,17H2,(H,18,19). The molecule has 6 heteroatoms. The van der Waals surface area contributed by atoms with E-state index < -0.39 is 11.7 Å². The molecule has 0 aliphatic heterocycles. The van der Waals surface area contributed by atoms with Crippen LogP contribution in [-0.4, -0.2) is 5.91 Å². The normalized spacial score (nSPS) is 10.3. The largest absolute Gasteiger partial charge is 0.398 e. The summed E-state index contributed by atoms with van der Waals surface area (Å²) >= 11 is 8.97. The van der Waals surface area contributed by atoms with Crippen molar-refractivity contribution in [1.29, 1.82) is 0 Å². The van der Waals surface area contributed by atoms with Crippen LogP contribution in [0.25, 0.3) is 0 Å². The summed E-state index contributed by atoms with van der Waals surface area (Å²) in [7, 11) is 0. The lowest BCUT2D eigenvalue weighted by Gasteiger charge is -2.07. The lowest BCUT2D eigenvalue weighted by Crippen LogP contribution is -2.13. The van der Waals surface area contributed by atoms with E-state index in [2.05, 4.69) is 21.2 Å². The molecular weight excluding hydrogens is 335 g/mol. The predicted octanol–water partition coefficient (Wildman–Crippen LogP) is 4.08. The number of carbonyl (C=O) groups excluding carboxylic acids is 1. The van der Waals surface area contributed by atoms with Crippen molar-refractivity contribution in [2.24, 2.45) is 0 Å². The van der Waals surface area contributed by atoms with Gasteiger partial charge in [-0.05, 0) is 36.4 Å². The predicted molar refractivity (Wildman–Crippen MR) is 77.9 cm³/mol. The van der Waals surface area contributed by atoms with Crippen LogP contribution >= 0.6 is 27.5 Å². The van der Waals surface area contributed by atoms with Gasteiger partial charge >= 0.3 is 0 Å². The maximum Gasteiger partial charge on any atom is 0.258 e. The fraction of sp³-hybridized carbons (Fsp3) is 0. The van der Waals surface area contributed by atoms with Gasteiger partial charge in [-0.1, -0.05) is 27.5 Å². The second-order valence-corrected chi connectivity index (χ2v) is 5.14. The zero-order valence-electron chi connectivity index (χ0n) is 9.58. The van der Waals surface area contributed by atoms with Gasteiger partial charge in [-0.3, -0.25) is 4.79 Å². The van der Waals surface area contributed by atoms with Gasteiger partial charge in [0.05, 0.1) is 16.3 Å². The van der Waals surface area contributed by atoms with Crippen LogP contribution in [0.15, 0.2) is 40.9 Å². The first kappa shape index (κ1) is 13.8. The Labute approximate surface area is 122 Å². The van der Waals surface area contributed by atoms with Gasteiger partial charge in [0.2, 0.25) is 0 Å². The molecule has 0 saturated heterocycles. The van der Waals surface area contributed by atoms with E-state index in [-0.39, 0.29) is 5.56 Å². The summed E-state index contributed by atoms with van der Waals surface area (Å²) in [5.41, 5.74) is 6.38. The Morgan fingerprint density at radius 1 is 1.26 bits per heavy atom. The van der Waals surface area contributed by atoms with E-state index in [4.69, 9.17) is 17.3 Å². The van der Waals surface area contributed by atoms with Crippen LogP contribution in [0.3, 0.4) is 0 Å². The molecule has 0 fully saturated rings. The SMILES string of the molecule is Nc1ccc(NC(=O)c2ccc(Br)cc2F)cc1Cl. The number of hydrogen-bond donors (Lipinski definition) is 2. The summed E-state index contributed by atoms with van der Waals surface area (Å²) in [5, 5.41) is 2.88. The molecule has 2 rings (SSSR count). The topological polar surface area (TPSA) is 55.1 Å². The Bertz CT molecular complexity index is 649. The minimum absolute atomic E-state index is 0.0452. The maximum atomic E-state index is 13.6. The van der Waals surface area contributed by atoms with E-state index in [1.807, 2.05) is 0 Å². The Morgan fingerprint density at radius 3 is 2.63 bits per heavy atom. The minimum Gasteiger partial charge on any atom is -0.398 e. The summed E-state index contributed by atoms with van der Waals surface area (Å²) < 4.78 is 14.2. The van der Waals surface area contributed by atoms with Crippen LogP contribution in [0.5, 0.6) is 0 Å². The van der Waals surface area contributed by atoms with Gasteiger partial charge in [0.25, 0.3) is 5.91 Å². The van der Waals surface area contributed by atoms with Gasteiger partial charge < -0.3 is 11.1 Å². The molecule has 0 radical (unpaired) electrons. The highest BCUT2D eigenvalue weighted by molar-refractivity contribution is 9.10. The lowest BCUT2D eigenvalue weighted by atomic mass is 10.2. The van der Waals surface area contributed by atoms with E-state index in [0.717, 1.165) is 0 Å². The molecule has 0 atom stereocenters. The van der Waals surface area contributed by atoms with E-state index in [1.54, 1.807) is 18.2 Å². The highest BCUT2D eigenvalue weighted by Gasteiger charge is 2.12. The van der Waals surface area contributed by atoms with Crippen molar-refractivity contribution in [2.45, 2.75) is 0 Å². The fourth-order valence-electron chi connectivity index (χ4n) is 1.48. The maximum absolute atomic E-state index is 13.6. The Balaban J connectivity index is 2.23. The van der Waals surface area contributed by atoms with Crippen LogP contribution in [0.1, 0.15) is 10.4 Å². The van der Waals surface area contributed by atoms with E-state index in [9.17, 15) is 9.18 Å². The summed E-state index contributed by atoms with van der Waals surface area (Å²) in [6.07, 6.45) is 0. The molecule has 3 N–H and O–H groups in total. The van der Waals surface area contributed by atoms with Crippen LogP contribution in [0, 0.1) is 5.82 Å². The highest BCUT2D eigenvalue weighted by Crippen LogP contribution is 2.23. The number of carbonyl (C=O) groups is 1. The van der Waals surface area contributed by atoms with Crippen molar-refractivity contribution in [3.8, 4) is 0 Å². The first-order valence-electron chi connectivity index (χ1n) is 5.29. The highest BCUT2D eigenvalue weighted by atomic mass is 79.9. The van der Waals surface area contributed by atoms with Crippen LogP contribution in [-0.2, 0) is 0 Å². The van der Waals surface area contributed by atoms with Gasteiger partial charge in [-0.15, -0.1) is 0 Å². The van der Waals surface area contributed by atoms with Gasteiger partial charge in [0, 0.05) is 10.2 Å². The van der Waals surface area contributed by atoms with Gasteiger partial charge in [-0.2, -0.15) is 0 Å². The fourth-order valence-corrected chi connectivity index (χ4v) is 1.99. The number of benzene rings is 2. The third-order valence-corrected chi connectivity index (χ3v) is 3.25. The molecule has 98 valence electrons. The lowest BCUT2D eigenvalue weighted by molar-refractivity contribution is 0.102. The van der Waals surface area contributed by atoms with Crippen LogP contribution < -0.4 is 11.1 Å². The quantitative estimate of drug-likeness (QED) is 0.807. The summed E-state index contributed by atoms with van der Waals surface area (Å²) in [5.74, 6) is -1.15. The summed E-state index contributed by atoms with van der Waals surface area (Å²) in [4.78, 5) is 11.9. The summed E-state index contributed by atoms with van der Waals surface area (Å²) in [6, 6.07) is 8.88. The van der Waals surface area contributed by atoms with Gasteiger partial charge in [-0.25, -0.2) is 4.39 Å². The molecule has 0 bridgehead atoms. The number of halogens is 3. The first-order valence-corrected chi connectivity index (χ1v) is 6.46. The average Bonchev–Trinajstić information content (AvgIpc) is 2.33. The third kappa shape index (κ3) is 3.24. The molecule has 0 saturated carbocycles. The van der Waals surface area contributed by atoms with Crippen molar-refractivity contribution in [1.82, 2.24) is 0 Å². The van der Waals surface area contributed by atoms with Crippen LogP contribution in [0.4, 0.5) is 15.8 Å². The number of nitrogen functional groups attached to an aromatic ring is 1. The number of nitrogens with two attached hydrogens (primary N) is 1.